The van der Waals surface area contributed by atoms with E-state index in [9.17, 15) is 4.79 Å². The molecule has 1 aromatic rings. The molecule has 0 bridgehead atoms. The first kappa shape index (κ1) is 7.09. The normalized spacial score (nSPS) is 14.6. The van der Waals surface area contributed by atoms with E-state index in [1.54, 1.807) is 6.20 Å². The number of hydrogen-bond acceptors (Lipinski definition) is 3. The Kier molecular flexibility index (Phi) is 1.46. The van der Waals surface area contributed by atoms with Crippen molar-refractivity contribution in [1.29, 1.82) is 0 Å². The van der Waals surface area contributed by atoms with Gasteiger partial charge in [0.25, 0.3) is 5.91 Å². The van der Waals surface area contributed by atoms with Gasteiger partial charge in [-0.15, -0.1) is 0 Å². The fraction of sp³-hybridized carbons (Fsp3) is 0.250. The zero-order chi connectivity index (χ0) is 8.55. The van der Waals surface area contributed by atoms with E-state index in [-0.39, 0.29) is 12.5 Å². The lowest BCUT2D eigenvalue weighted by Gasteiger charge is -2.16. The van der Waals surface area contributed by atoms with Gasteiger partial charge in [-0.1, -0.05) is 0 Å². The molecule has 0 unspecified atom stereocenters. The van der Waals surface area contributed by atoms with Crippen LogP contribution in [-0.2, 0) is 4.79 Å². The van der Waals surface area contributed by atoms with Gasteiger partial charge in [-0.25, -0.2) is 4.98 Å². The Bertz CT molecular complexity index is 336. The predicted molar refractivity (Wildman–Crippen MR) is 43.1 cm³/mol. The van der Waals surface area contributed by atoms with Crippen LogP contribution < -0.4 is 10.1 Å². The summed E-state index contributed by atoms with van der Waals surface area (Å²) in [5.41, 5.74) is 1.02. The number of hydrogen-bond donors (Lipinski definition) is 1. The lowest BCUT2D eigenvalue weighted by molar-refractivity contribution is -0.118. The molecule has 4 heteroatoms. The SMILES string of the molecule is Cc1cnc2c(c1)OCC(=O)N2. The highest BCUT2D eigenvalue weighted by Crippen LogP contribution is 2.25. The van der Waals surface area contributed by atoms with Gasteiger partial charge in [0, 0.05) is 6.20 Å². The molecule has 1 aliphatic heterocycles. The summed E-state index contributed by atoms with van der Waals surface area (Å²) in [6.07, 6.45) is 1.69. The van der Waals surface area contributed by atoms with Gasteiger partial charge >= 0.3 is 0 Å². The summed E-state index contributed by atoms with van der Waals surface area (Å²) < 4.78 is 5.14. The third-order valence-electron chi connectivity index (χ3n) is 1.61. The largest absolute Gasteiger partial charge is 0.480 e. The van der Waals surface area contributed by atoms with Crippen molar-refractivity contribution in [3.8, 4) is 5.75 Å². The van der Waals surface area contributed by atoms with Crippen molar-refractivity contribution in [2.75, 3.05) is 11.9 Å². The van der Waals surface area contributed by atoms with Crippen molar-refractivity contribution in [2.45, 2.75) is 6.92 Å². The molecule has 62 valence electrons. The van der Waals surface area contributed by atoms with Crippen molar-refractivity contribution in [3.05, 3.63) is 17.8 Å². The van der Waals surface area contributed by atoms with Crippen LogP contribution in [0.2, 0.25) is 0 Å². The Hall–Kier alpha value is -1.58. The second-order valence-electron chi connectivity index (χ2n) is 2.70. The highest BCUT2D eigenvalue weighted by atomic mass is 16.5. The molecule has 1 amide bonds. The summed E-state index contributed by atoms with van der Waals surface area (Å²) in [7, 11) is 0. The summed E-state index contributed by atoms with van der Waals surface area (Å²) in [4.78, 5) is 14.8. The van der Waals surface area contributed by atoms with Gasteiger partial charge in [0.2, 0.25) is 0 Å². The average molecular weight is 164 g/mol. The van der Waals surface area contributed by atoms with Crippen LogP contribution in [0.4, 0.5) is 5.82 Å². The Morgan fingerprint density at radius 1 is 1.67 bits per heavy atom. The third-order valence-corrected chi connectivity index (χ3v) is 1.61. The first-order valence-electron chi connectivity index (χ1n) is 3.65. The molecule has 0 atom stereocenters. The molecule has 2 heterocycles. The molecular weight excluding hydrogens is 156 g/mol. The molecule has 0 spiro atoms. The van der Waals surface area contributed by atoms with Crippen molar-refractivity contribution < 1.29 is 9.53 Å². The molecule has 1 N–H and O–H groups in total. The molecule has 12 heavy (non-hydrogen) atoms. The van der Waals surface area contributed by atoms with E-state index in [1.807, 2.05) is 13.0 Å². The lowest BCUT2D eigenvalue weighted by Crippen LogP contribution is -2.26. The molecule has 0 radical (unpaired) electrons. The lowest BCUT2D eigenvalue weighted by atomic mass is 10.3. The van der Waals surface area contributed by atoms with Gasteiger partial charge in [0.05, 0.1) is 0 Å². The maximum absolute atomic E-state index is 10.8. The summed E-state index contributed by atoms with van der Waals surface area (Å²) in [5.74, 6) is 1.00. The number of ether oxygens (including phenoxy) is 1. The number of amides is 1. The van der Waals surface area contributed by atoms with Gasteiger partial charge in [-0.05, 0) is 18.6 Å². The second-order valence-corrected chi connectivity index (χ2v) is 2.70. The maximum atomic E-state index is 10.8. The topological polar surface area (TPSA) is 51.2 Å². The smallest absolute Gasteiger partial charge is 0.263 e. The van der Waals surface area contributed by atoms with E-state index in [2.05, 4.69) is 10.3 Å². The molecule has 0 aromatic carbocycles. The molecular formula is C8H8N2O2. The number of nitrogens with one attached hydrogen (secondary N) is 1. The first-order chi connectivity index (χ1) is 5.75. The van der Waals surface area contributed by atoms with Crippen molar-refractivity contribution in [1.82, 2.24) is 4.98 Å². The molecule has 1 aliphatic rings. The fourth-order valence-corrected chi connectivity index (χ4v) is 1.06. The molecule has 2 rings (SSSR count). The molecule has 0 aliphatic carbocycles. The minimum absolute atomic E-state index is 0.0815. The van der Waals surface area contributed by atoms with Gasteiger partial charge in [-0.2, -0.15) is 0 Å². The van der Waals surface area contributed by atoms with Crippen LogP contribution >= 0.6 is 0 Å². The summed E-state index contributed by atoms with van der Waals surface area (Å²) in [6.45, 7) is 2.01. The number of carbonyl (C=O) groups is 1. The van der Waals surface area contributed by atoms with Crippen LogP contribution in [0.3, 0.4) is 0 Å². The van der Waals surface area contributed by atoms with Crippen LogP contribution in [0.5, 0.6) is 5.75 Å². The molecule has 0 fully saturated rings. The zero-order valence-electron chi connectivity index (χ0n) is 6.63. The first-order valence-corrected chi connectivity index (χ1v) is 3.65. The number of pyridine rings is 1. The minimum Gasteiger partial charge on any atom is -0.480 e. The predicted octanol–water partition coefficient (Wildman–Crippen LogP) is 0.721. The average Bonchev–Trinajstić information content (AvgIpc) is 2.05. The second kappa shape index (κ2) is 2.48. The standard InChI is InChI=1S/C8H8N2O2/c1-5-2-6-8(9-3-5)10-7(11)4-12-6/h2-3H,4H2,1H3,(H,9,10,11). The van der Waals surface area contributed by atoms with Gasteiger partial charge in [-0.3, -0.25) is 4.79 Å². The van der Waals surface area contributed by atoms with Crippen LogP contribution in [0.15, 0.2) is 12.3 Å². The van der Waals surface area contributed by atoms with E-state index in [1.165, 1.54) is 0 Å². The number of fused-ring (bicyclic) bond motifs is 1. The van der Waals surface area contributed by atoms with E-state index >= 15 is 0 Å². The van der Waals surface area contributed by atoms with E-state index in [4.69, 9.17) is 4.74 Å². The number of nitrogens with zero attached hydrogens (tertiary/aromatic N) is 1. The van der Waals surface area contributed by atoms with Crippen LogP contribution in [0, 0.1) is 6.92 Å². The Morgan fingerprint density at radius 2 is 2.50 bits per heavy atom. The Labute approximate surface area is 69.6 Å². The van der Waals surface area contributed by atoms with Gasteiger partial charge in [0.15, 0.2) is 18.2 Å². The quantitative estimate of drug-likeness (QED) is 0.614. The number of rotatable bonds is 0. The molecule has 0 saturated carbocycles. The van der Waals surface area contributed by atoms with Gasteiger partial charge in [0.1, 0.15) is 0 Å². The summed E-state index contributed by atoms with van der Waals surface area (Å²) in [5, 5.41) is 2.61. The third kappa shape index (κ3) is 1.11. The number of aromatic nitrogens is 1. The van der Waals surface area contributed by atoms with Crippen LogP contribution in [-0.4, -0.2) is 17.5 Å². The fourth-order valence-electron chi connectivity index (χ4n) is 1.06. The molecule has 4 nitrogen and oxygen atoms in total. The van der Waals surface area contributed by atoms with Crippen LogP contribution in [0.1, 0.15) is 5.56 Å². The minimum atomic E-state index is -0.154. The van der Waals surface area contributed by atoms with E-state index in [0.29, 0.717) is 11.6 Å². The summed E-state index contributed by atoms with van der Waals surface area (Å²) in [6, 6.07) is 1.85. The van der Waals surface area contributed by atoms with Crippen molar-refractivity contribution >= 4 is 11.7 Å². The highest BCUT2D eigenvalue weighted by Gasteiger charge is 2.16. The zero-order valence-corrected chi connectivity index (χ0v) is 6.63. The van der Waals surface area contributed by atoms with Crippen LogP contribution in [0.25, 0.3) is 0 Å². The monoisotopic (exact) mass is 164 g/mol. The molecule has 0 saturated heterocycles. The number of carbonyl (C=O) groups excluding carboxylic acids is 1. The van der Waals surface area contributed by atoms with Crippen molar-refractivity contribution in [2.24, 2.45) is 0 Å². The Balaban J connectivity index is 2.43. The highest BCUT2D eigenvalue weighted by molar-refractivity contribution is 5.94. The maximum Gasteiger partial charge on any atom is 0.263 e. The number of anilines is 1. The van der Waals surface area contributed by atoms with Crippen molar-refractivity contribution in [3.63, 3.8) is 0 Å². The number of aryl methyl sites for hydroxylation is 1. The van der Waals surface area contributed by atoms with Gasteiger partial charge < -0.3 is 10.1 Å². The van der Waals surface area contributed by atoms with E-state index in [0.717, 1.165) is 5.56 Å². The molecule has 1 aromatic heterocycles. The summed E-state index contributed by atoms with van der Waals surface area (Å²) >= 11 is 0. The van der Waals surface area contributed by atoms with E-state index < -0.39 is 0 Å². The Morgan fingerprint density at radius 3 is 3.33 bits per heavy atom.